The Bertz CT molecular complexity index is 78.9. The smallest absolute Gasteiger partial charge is 0.0512 e. The first-order valence-electron chi connectivity index (χ1n) is 4.84. The number of rotatable bonds is 6. The fourth-order valence-corrected chi connectivity index (χ4v) is 1.22. The molecule has 0 spiro atoms. The second-order valence-corrected chi connectivity index (χ2v) is 3.67. The normalized spacial score (nSPS) is 16.4. The van der Waals surface area contributed by atoms with Gasteiger partial charge in [-0.25, -0.2) is 0 Å². The van der Waals surface area contributed by atoms with Gasteiger partial charge in [0.05, 0.1) is 6.10 Å². The lowest BCUT2D eigenvalue weighted by atomic mass is 9.98. The minimum absolute atomic E-state index is 0.112. The minimum Gasteiger partial charge on any atom is -0.393 e. The van der Waals surface area contributed by atoms with Crippen LogP contribution in [0.4, 0.5) is 0 Å². The van der Waals surface area contributed by atoms with Crippen LogP contribution in [-0.2, 0) is 0 Å². The van der Waals surface area contributed by atoms with Crippen molar-refractivity contribution in [3.63, 3.8) is 0 Å². The van der Waals surface area contributed by atoms with Gasteiger partial charge in [-0.2, -0.15) is 0 Å². The Kier molecular flexibility index (Phi) is 6.63. The van der Waals surface area contributed by atoms with E-state index in [1.807, 2.05) is 6.92 Å². The topological polar surface area (TPSA) is 20.2 Å². The van der Waals surface area contributed by atoms with Crippen LogP contribution >= 0.6 is 0 Å². The lowest BCUT2D eigenvalue weighted by Crippen LogP contribution is -2.03. The van der Waals surface area contributed by atoms with Gasteiger partial charge in [-0.05, 0) is 25.7 Å². The van der Waals surface area contributed by atoms with E-state index in [0.29, 0.717) is 0 Å². The number of aliphatic hydroxyl groups excluding tert-OH is 1. The molecule has 1 N–H and O–H groups in total. The second-order valence-electron chi connectivity index (χ2n) is 3.67. The van der Waals surface area contributed by atoms with Crippen LogP contribution in [0, 0.1) is 5.92 Å². The fourth-order valence-electron chi connectivity index (χ4n) is 1.22. The van der Waals surface area contributed by atoms with E-state index < -0.39 is 0 Å². The van der Waals surface area contributed by atoms with Gasteiger partial charge in [-0.3, -0.25) is 0 Å². The highest BCUT2D eigenvalue weighted by molar-refractivity contribution is 4.55. The zero-order valence-corrected chi connectivity index (χ0v) is 8.14. The van der Waals surface area contributed by atoms with Crippen LogP contribution in [0.5, 0.6) is 0 Å². The Labute approximate surface area is 70.8 Å². The summed E-state index contributed by atoms with van der Waals surface area (Å²) in [4.78, 5) is 0. The molecule has 0 aromatic rings. The van der Waals surface area contributed by atoms with Crippen LogP contribution in [0.2, 0.25) is 0 Å². The first-order chi connectivity index (χ1) is 5.16. The molecule has 68 valence electrons. The van der Waals surface area contributed by atoms with Gasteiger partial charge in [0, 0.05) is 0 Å². The minimum atomic E-state index is -0.112. The van der Waals surface area contributed by atoms with Crippen LogP contribution in [0.3, 0.4) is 0 Å². The van der Waals surface area contributed by atoms with E-state index >= 15 is 0 Å². The van der Waals surface area contributed by atoms with Crippen molar-refractivity contribution in [3.05, 3.63) is 0 Å². The van der Waals surface area contributed by atoms with Gasteiger partial charge in [-0.15, -0.1) is 0 Å². The van der Waals surface area contributed by atoms with E-state index in [1.54, 1.807) is 0 Å². The summed E-state index contributed by atoms with van der Waals surface area (Å²) in [7, 11) is 0. The molecule has 0 aliphatic carbocycles. The van der Waals surface area contributed by atoms with Gasteiger partial charge in [-0.1, -0.05) is 33.1 Å². The van der Waals surface area contributed by atoms with Crippen molar-refractivity contribution in [2.75, 3.05) is 0 Å². The van der Waals surface area contributed by atoms with Crippen LogP contribution < -0.4 is 0 Å². The summed E-state index contributed by atoms with van der Waals surface area (Å²) in [5.41, 5.74) is 0. The largest absolute Gasteiger partial charge is 0.393 e. The first-order valence-corrected chi connectivity index (χ1v) is 4.84. The highest BCUT2D eigenvalue weighted by Gasteiger charge is 2.03. The van der Waals surface area contributed by atoms with Crippen molar-refractivity contribution >= 4 is 0 Å². The highest BCUT2D eigenvalue weighted by atomic mass is 16.3. The van der Waals surface area contributed by atoms with E-state index in [4.69, 9.17) is 5.11 Å². The predicted molar refractivity (Wildman–Crippen MR) is 49.6 cm³/mol. The maximum Gasteiger partial charge on any atom is 0.0512 e. The second kappa shape index (κ2) is 6.66. The molecule has 0 aliphatic rings. The summed E-state index contributed by atoms with van der Waals surface area (Å²) in [6.45, 7) is 6.37. The molecule has 1 nitrogen and oxygen atoms in total. The van der Waals surface area contributed by atoms with Crippen molar-refractivity contribution in [1.82, 2.24) is 0 Å². The van der Waals surface area contributed by atoms with E-state index in [0.717, 1.165) is 12.3 Å². The van der Waals surface area contributed by atoms with Crippen LogP contribution in [0.1, 0.15) is 52.9 Å². The summed E-state index contributed by atoms with van der Waals surface area (Å²) >= 11 is 0. The predicted octanol–water partition coefficient (Wildman–Crippen LogP) is 2.97. The monoisotopic (exact) mass is 158 g/mol. The summed E-state index contributed by atoms with van der Waals surface area (Å²) in [5, 5.41) is 9.03. The first kappa shape index (κ1) is 11.0. The van der Waals surface area contributed by atoms with Gasteiger partial charge in [0.25, 0.3) is 0 Å². The molecular formula is C10H22O. The number of hydrogen-bond donors (Lipinski definition) is 1. The molecule has 1 heteroatoms. The molecule has 0 rings (SSSR count). The molecule has 0 saturated heterocycles. The SMILES string of the molecule is CCCCC(C)CCC(C)O. The Morgan fingerprint density at radius 2 is 1.73 bits per heavy atom. The van der Waals surface area contributed by atoms with Crippen LogP contribution in [0.15, 0.2) is 0 Å². The zero-order valence-electron chi connectivity index (χ0n) is 8.14. The quantitative estimate of drug-likeness (QED) is 0.630. The van der Waals surface area contributed by atoms with E-state index in [2.05, 4.69) is 13.8 Å². The van der Waals surface area contributed by atoms with Crippen molar-refractivity contribution in [3.8, 4) is 0 Å². The van der Waals surface area contributed by atoms with Crippen LogP contribution in [0.25, 0.3) is 0 Å². The third kappa shape index (κ3) is 7.86. The number of unbranched alkanes of at least 4 members (excludes halogenated alkanes) is 1. The summed E-state index contributed by atoms with van der Waals surface area (Å²) in [6.07, 6.45) is 5.98. The lowest BCUT2D eigenvalue weighted by molar-refractivity contribution is 0.173. The molecule has 0 radical (unpaired) electrons. The third-order valence-electron chi connectivity index (χ3n) is 2.13. The van der Waals surface area contributed by atoms with E-state index in [9.17, 15) is 0 Å². The van der Waals surface area contributed by atoms with E-state index in [-0.39, 0.29) is 6.10 Å². The van der Waals surface area contributed by atoms with Gasteiger partial charge in [0.15, 0.2) is 0 Å². The maximum absolute atomic E-state index is 9.03. The molecule has 0 fully saturated rings. The van der Waals surface area contributed by atoms with Crippen molar-refractivity contribution in [2.24, 2.45) is 5.92 Å². The van der Waals surface area contributed by atoms with Gasteiger partial charge in [0.1, 0.15) is 0 Å². The molecule has 0 heterocycles. The molecular weight excluding hydrogens is 136 g/mol. The van der Waals surface area contributed by atoms with Gasteiger partial charge in [0.2, 0.25) is 0 Å². The highest BCUT2D eigenvalue weighted by Crippen LogP contribution is 2.14. The fraction of sp³-hybridized carbons (Fsp3) is 1.00. The molecule has 2 atom stereocenters. The van der Waals surface area contributed by atoms with Crippen molar-refractivity contribution in [2.45, 2.75) is 59.0 Å². The van der Waals surface area contributed by atoms with Gasteiger partial charge < -0.3 is 5.11 Å². The Hall–Kier alpha value is -0.0400. The Balaban J connectivity index is 3.15. The Morgan fingerprint density at radius 3 is 2.18 bits per heavy atom. The summed E-state index contributed by atoms with van der Waals surface area (Å²) in [6, 6.07) is 0. The summed E-state index contributed by atoms with van der Waals surface area (Å²) in [5.74, 6) is 0.796. The molecule has 2 unspecified atom stereocenters. The molecule has 0 aromatic carbocycles. The van der Waals surface area contributed by atoms with Crippen LogP contribution in [-0.4, -0.2) is 11.2 Å². The Morgan fingerprint density at radius 1 is 1.09 bits per heavy atom. The molecule has 11 heavy (non-hydrogen) atoms. The maximum atomic E-state index is 9.03. The molecule has 0 amide bonds. The molecule has 0 saturated carbocycles. The average Bonchev–Trinajstić information content (AvgIpc) is 1.97. The number of hydrogen-bond acceptors (Lipinski definition) is 1. The lowest BCUT2D eigenvalue weighted by Gasteiger charge is -2.11. The molecule has 0 aromatic heterocycles. The van der Waals surface area contributed by atoms with E-state index in [1.165, 1.54) is 25.7 Å². The number of aliphatic hydroxyl groups is 1. The standard InChI is InChI=1S/C10H22O/c1-4-5-6-9(2)7-8-10(3)11/h9-11H,4-8H2,1-3H3. The van der Waals surface area contributed by atoms with Crippen molar-refractivity contribution in [1.29, 1.82) is 0 Å². The zero-order chi connectivity index (χ0) is 8.69. The van der Waals surface area contributed by atoms with Crippen molar-refractivity contribution < 1.29 is 5.11 Å². The summed E-state index contributed by atoms with van der Waals surface area (Å²) < 4.78 is 0. The third-order valence-corrected chi connectivity index (χ3v) is 2.13. The molecule has 0 aliphatic heterocycles. The average molecular weight is 158 g/mol. The molecule has 0 bridgehead atoms. The van der Waals surface area contributed by atoms with Gasteiger partial charge >= 0.3 is 0 Å².